The SMILES string of the molecule is CC(C)(C)c1ccnc(N2C(=O)NCC2(C)O)c1. The van der Waals surface area contributed by atoms with Gasteiger partial charge in [0.25, 0.3) is 0 Å². The van der Waals surface area contributed by atoms with E-state index >= 15 is 0 Å². The summed E-state index contributed by atoms with van der Waals surface area (Å²) in [6.45, 7) is 8.07. The van der Waals surface area contributed by atoms with Crippen LogP contribution in [-0.4, -0.2) is 28.4 Å². The van der Waals surface area contributed by atoms with Crippen LogP contribution in [0, 0.1) is 0 Å². The van der Waals surface area contributed by atoms with E-state index in [1.54, 1.807) is 13.1 Å². The number of aromatic nitrogens is 1. The Labute approximate surface area is 107 Å². The fraction of sp³-hybridized carbons (Fsp3) is 0.538. The van der Waals surface area contributed by atoms with Crippen molar-refractivity contribution in [1.82, 2.24) is 10.3 Å². The van der Waals surface area contributed by atoms with Crippen molar-refractivity contribution in [3.05, 3.63) is 23.9 Å². The van der Waals surface area contributed by atoms with Crippen molar-refractivity contribution in [2.45, 2.75) is 38.8 Å². The standard InChI is InChI=1S/C13H19N3O2/c1-12(2,3)9-5-6-14-10(7-9)16-11(17)15-8-13(16,4)18/h5-7,18H,8H2,1-4H3,(H,15,17). The second kappa shape index (κ2) is 3.95. The van der Waals surface area contributed by atoms with Crippen LogP contribution < -0.4 is 10.2 Å². The lowest BCUT2D eigenvalue weighted by atomic mass is 9.88. The van der Waals surface area contributed by atoms with Gasteiger partial charge in [-0.15, -0.1) is 0 Å². The summed E-state index contributed by atoms with van der Waals surface area (Å²) in [4.78, 5) is 17.2. The van der Waals surface area contributed by atoms with Gasteiger partial charge in [-0.1, -0.05) is 20.8 Å². The molecule has 0 bridgehead atoms. The van der Waals surface area contributed by atoms with Gasteiger partial charge in [0.15, 0.2) is 5.72 Å². The molecule has 2 N–H and O–H groups in total. The number of β-amino-alcohol motifs (C(OH)–C–C–N with tert-alkyl or cyclic N) is 1. The first kappa shape index (κ1) is 12.8. The normalized spacial score (nSPS) is 24.3. The molecule has 2 amide bonds. The van der Waals surface area contributed by atoms with Crippen LogP contribution in [0.4, 0.5) is 10.6 Å². The second-order valence-corrected chi connectivity index (χ2v) is 5.86. The van der Waals surface area contributed by atoms with E-state index in [0.717, 1.165) is 5.56 Å². The molecule has 1 aromatic heterocycles. The van der Waals surface area contributed by atoms with Gasteiger partial charge in [0, 0.05) is 6.20 Å². The average molecular weight is 249 g/mol. The summed E-state index contributed by atoms with van der Waals surface area (Å²) in [7, 11) is 0. The van der Waals surface area contributed by atoms with E-state index in [2.05, 4.69) is 31.1 Å². The number of hydrogen-bond donors (Lipinski definition) is 2. The Morgan fingerprint density at radius 3 is 2.67 bits per heavy atom. The first-order valence-corrected chi connectivity index (χ1v) is 5.99. The molecule has 0 spiro atoms. The number of anilines is 1. The monoisotopic (exact) mass is 249 g/mol. The zero-order chi connectivity index (χ0) is 13.6. The zero-order valence-corrected chi connectivity index (χ0v) is 11.2. The Kier molecular flexibility index (Phi) is 2.81. The van der Waals surface area contributed by atoms with Crippen LogP contribution >= 0.6 is 0 Å². The average Bonchev–Trinajstić information content (AvgIpc) is 2.52. The molecule has 98 valence electrons. The van der Waals surface area contributed by atoms with Gasteiger partial charge in [0.05, 0.1) is 6.54 Å². The molecular weight excluding hydrogens is 230 g/mol. The Balaban J connectivity index is 2.43. The summed E-state index contributed by atoms with van der Waals surface area (Å²) >= 11 is 0. The number of amides is 2. The smallest absolute Gasteiger partial charge is 0.325 e. The van der Waals surface area contributed by atoms with Crippen molar-refractivity contribution in [2.75, 3.05) is 11.4 Å². The highest BCUT2D eigenvalue weighted by Crippen LogP contribution is 2.29. The third kappa shape index (κ3) is 2.18. The van der Waals surface area contributed by atoms with Crippen molar-refractivity contribution >= 4 is 11.8 Å². The molecule has 1 aliphatic rings. The van der Waals surface area contributed by atoms with Crippen molar-refractivity contribution in [3.63, 3.8) is 0 Å². The molecule has 1 unspecified atom stereocenters. The van der Waals surface area contributed by atoms with Gasteiger partial charge in [-0.05, 0) is 30.0 Å². The van der Waals surface area contributed by atoms with Gasteiger partial charge in [-0.2, -0.15) is 0 Å². The lowest BCUT2D eigenvalue weighted by molar-refractivity contribution is 0.0852. The molecule has 2 heterocycles. The molecule has 2 rings (SSSR count). The summed E-state index contributed by atoms with van der Waals surface area (Å²) in [5.74, 6) is 0.474. The van der Waals surface area contributed by atoms with Crippen LogP contribution in [0.25, 0.3) is 0 Å². The number of urea groups is 1. The van der Waals surface area contributed by atoms with Crippen LogP contribution in [0.15, 0.2) is 18.3 Å². The molecule has 1 saturated heterocycles. The fourth-order valence-electron chi connectivity index (χ4n) is 1.98. The van der Waals surface area contributed by atoms with Crippen LogP contribution in [0.3, 0.4) is 0 Å². The summed E-state index contributed by atoms with van der Waals surface area (Å²) in [5.41, 5.74) is -0.191. The van der Waals surface area contributed by atoms with Crippen molar-refractivity contribution in [3.8, 4) is 0 Å². The van der Waals surface area contributed by atoms with E-state index in [9.17, 15) is 9.90 Å². The van der Waals surface area contributed by atoms with Crippen LogP contribution in [0.1, 0.15) is 33.3 Å². The van der Waals surface area contributed by atoms with Crippen LogP contribution in [-0.2, 0) is 5.41 Å². The fourth-order valence-corrected chi connectivity index (χ4v) is 1.98. The zero-order valence-electron chi connectivity index (χ0n) is 11.2. The third-order valence-electron chi connectivity index (χ3n) is 3.10. The number of nitrogens with one attached hydrogen (secondary N) is 1. The number of pyridine rings is 1. The Morgan fingerprint density at radius 1 is 1.50 bits per heavy atom. The van der Waals surface area contributed by atoms with Gasteiger partial charge >= 0.3 is 6.03 Å². The highest BCUT2D eigenvalue weighted by atomic mass is 16.3. The molecule has 18 heavy (non-hydrogen) atoms. The minimum absolute atomic E-state index is 0.0280. The number of carbonyl (C=O) groups is 1. The van der Waals surface area contributed by atoms with E-state index in [4.69, 9.17) is 0 Å². The number of nitrogens with zero attached hydrogens (tertiary/aromatic N) is 2. The molecule has 5 heteroatoms. The van der Waals surface area contributed by atoms with E-state index in [1.807, 2.05) is 12.1 Å². The quantitative estimate of drug-likeness (QED) is 0.794. The summed E-state index contributed by atoms with van der Waals surface area (Å²) < 4.78 is 0. The largest absolute Gasteiger partial charge is 0.369 e. The molecule has 0 aromatic carbocycles. The van der Waals surface area contributed by atoms with Gasteiger partial charge in [-0.25, -0.2) is 14.7 Å². The maximum absolute atomic E-state index is 11.8. The van der Waals surface area contributed by atoms with Gasteiger partial charge in [-0.3, -0.25) is 0 Å². The van der Waals surface area contributed by atoms with Gasteiger partial charge in [0.2, 0.25) is 0 Å². The Hall–Kier alpha value is -1.62. The number of aliphatic hydroxyl groups is 1. The van der Waals surface area contributed by atoms with Gasteiger partial charge in [0.1, 0.15) is 5.82 Å². The minimum atomic E-state index is -1.24. The molecule has 1 aliphatic heterocycles. The van der Waals surface area contributed by atoms with E-state index in [0.29, 0.717) is 5.82 Å². The van der Waals surface area contributed by atoms with Crippen LogP contribution in [0.2, 0.25) is 0 Å². The van der Waals surface area contributed by atoms with Gasteiger partial charge < -0.3 is 10.4 Å². The van der Waals surface area contributed by atoms with E-state index < -0.39 is 5.72 Å². The molecule has 0 aliphatic carbocycles. The third-order valence-corrected chi connectivity index (χ3v) is 3.10. The molecule has 1 aromatic rings. The number of carbonyl (C=O) groups excluding carboxylic acids is 1. The maximum atomic E-state index is 11.8. The van der Waals surface area contributed by atoms with Crippen molar-refractivity contribution < 1.29 is 9.90 Å². The lowest BCUT2D eigenvalue weighted by Crippen LogP contribution is -2.45. The molecule has 0 radical (unpaired) electrons. The lowest BCUT2D eigenvalue weighted by Gasteiger charge is -2.28. The predicted octanol–water partition coefficient (Wildman–Crippen LogP) is 1.62. The first-order chi connectivity index (χ1) is 8.22. The van der Waals surface area contributed by atoms with Crippen molar-refractivity contribution in [2.24, 2.45) is 0 Å². The summed E-state index contributed by atoms with van der Waals surface area (Å²) in [5, 5.41) is 12.8. The molecule has 1 fully saturated rings. The number of rotatable bonds is 1. The topological polar surface area (TPSA) is 65.5 Å². The molecular formula is C13H19N3O2. The first-order valence-electron chi connectivity index (χ1n) is 5.99. The highest BCUT2D eigenvalue weighted by Gasteiger charge is 2.41. The maximum Gasteiger partial charge on any atom is 0.325 e. The predicted molar refractivity (Wildman–Crippen MR) is 69.4 cm³/mol. The summed E-state index contributed by atoms with van der Waals surface area (Å²) in [6, 6.07) is 3.45. The Morgan fingerprint density at radius 2 is 2.17 bits per heavy atom. The molecule has 5 nitrogen and oxygen atoms in total. The van der Waals surface area contributed by atoms with E-state index in [-0.39, 0.29) is 18.0 Å². The van der Waals surface area contributed by atoms with Crippen LogP contribution in [0.5, 0.6) is 0 Å². The van der Waals surface area contributed by atoms with Crippen molar-refractivity contribution in [1.29, 1.82) is 0 Å². The number of hydrogen-bond acceptors (Lipinski definition) is 3. The molecule has 1 atom stereocenters. The highest BCUT2D eigenvalue weighted by molar-refractivity contribution is 5.94. The molecule has 0 saturated carbocycles. The van der Waals surface area contributed by atoms with E-state index in [1.165, 1.54) is 4.90 Å². The minimum Gasteiger partial charge on any atom is -0.369 e. The second-order valence-electron chi connectivity index (χ2n) is 5.86. The summed E-state index contributed by atoms with van der Waals surface area (Å²) in [6.07, 6.45) is 1.66. The Bertz CT molecular complexity index is 477.